The SMILES string of the molecule is Nc1ccc(C#CCCN2CCC(Cc3ccc(Cl)cc3)CC2)cn1. The van der Waals surface area contributed by atoms with Crippen molar-refractivity contribution in [3.8, 4) is 11.8 Å². The third-order valence-corrected chi connectivity index (χ3v) is 4.97. The van der Waals surface area contributed by atoms with E-state index in [-0.39, 0.29) is 0 Å². The van der Waals surface area contributed by atoms with Crippen molar-refractivity contribution < 1.29 is 0 Å². The van der Waals surface area contributed by atoms with E-state index >= 15 is 0 Å². The number of likely N-dealkylation sites (tertiary alicyclic amines) is 1. The number of nitrogens with two attached hydrogens (primary N) is 1. The van der Waals surface area contributed by atoms with E-state index in [9.17, 15) is 0 Å². The van der Waals surface area contributed by atoms with Crippen molar-refractivity contribution in [1.29, 1.82) is 0 Å². The first-order chi connectivity index (χ1) is 12.2. The number of nitrogens with zero attached hydrogens (tertiary/aromatic N) is 2. The Morgan fingerprint density at radius 3 is 2.56 bits per heavy atom. The minimum Gasteiger partial charge on any atom is -0.384 e. The predicted octanol–water partition coefficient (Wildman–Crippen LogP) is 4.01. The van der Waals surface area contributed by atoms with Crippen LogP contribution in [0.25, 0.3) is 0 Å². The Hall–Kier alpha value is -2.02. The molecule has 1 aromatic carbocycles. The predicted molar refractivity (Wildman–Crippen MR) is 104 cm³/mol. The summed E-state index contributed by atoms with van der Waals surface area (Å²) >= 11 is 5.95. The number of benzene rings is 1. The molecule has 0 aliphatic carbocycles. The Kier molecular flexibility index (Phi) is 6.33. The first kappa shape index (κ1) is 17.8. The fourth-order valence-electron chi connectivity index (χ4n) is 3.23. The normalized spacial score (nSPS) is 15.6. The average Bonchev–Trinajstić information content (AvgIpc) is 2.63. The summed E-state index contributed by atoms with van der Waals surface area (Å²) < 4.78 is 0. The molecule has 0 radical (unpaired) electrons. The average molecular weight is 354 g/mol. The van der Waals surface area contributed by atoms with E-state index in [1.54, 1.807) is 12.3 Å². The van der Waals surface area contributed by atoms with Crippen molar-refractivity contribution in [2.75, 3.05) is 25.4 Å². The largest absolute Gasteiger partial charge is 0.384 e. The molecule has 2 aromatic rings. The Bertz CT molecular complexity index is 720. The summed E-state index contributed by atoms with van der Waals surface area (Å²) in [6.45, 7) is 3.38. The van der Waals surface area contributed by atoms with Crippen LogP contribution in [0.2, 0.25) is 5.02 Å². The molecule has 0 amide bonds. The zero-order valence-electron chi connectivity index (χ0n) is 14.4. The Morgan fingerprint density at radius 1 is 1.12 bits per heavy atom. The second-order valence-corrected chi connectivity index (χ2v) is 7.08. The molecular weight excluding hydrogens is 330 g/mol. The molecule has 1 aliphatic heterocycles. The van der Waals surface area contributed by atoms with Crippen LogP contribution in [-0.2, 0) is 6.42 Å². The molecule has 3 rings (SSSR count). The van der Waals surface area contributed by atoms with Crippen LogP contribution in [0.4, 0.5) is 5.82 Å². The lowest BCUT2D eigenvalue weighted by Gasteiger charge is -2.31. The van der Waals surface area contributed by atoms with Crippen molar-refractivity contribution in [2.45, 2.75) is 25.7 Å². The van der Waals surface area contributed by atoms with E-state index in [4.69, 9.17) is 17.3 Å². The molecule has 0 spiro atoms. The lowest BCUT2D eigenvalue weighted by molar-refractivity contribution is 0.187. The van der Waals surface area contributed by atoms with Gasteiger partial charge < -0.3 is 10.6 Å². The van der Waals surface area contributed by atoms with Crippen molar-refractivity contribution in [1.82, 2.24) is 9.88 Å². The fraction of sp³-hybridized carbons (Fsp3) is 0.381. The fourth-order valence-corrected chi connectivity index (χ4v) is 3.35. The van der Waals surface area contributed by atoms with Crippen molar-refractivity contribution >= 4 is 17.4 Å². The zero-order valence-corrected chi connectivity index (χ0v) is 15.2. The van der Waals surface area contributed by atoms with Crippen molar-refractivity contribution in [3.05, 3.63) is 58.7 Å². The number of aromatic nitrogens is 1. The lowest BCUT2D eigenvalue weighted by Crippen LogP contribution is -2.34. The van der Waals surface area contributed by atoms with Gasteiger partial charge in [-0.05, 0) is 68.1 Å². The highest BCUT2D eigenvalue weighted by Crippen LogP contribution is 2.22. The smallest absolute Gasteiger partial charge is 0.123 e. The van der Waals surface area contributed by atoms with E-state index in [1.165, 1.54) is 31.5 Å². The third-order valence-electron chi connectivity index (χ3n) is 4.72. The second-order valence-electron chi connectivity index (χ2n) is 6.64. The van der Waals surface area contributed by atoms with E-state index in [1.807, 2.05) is 18.2 Å². The maximum absolute atomic E-state index is 5.95. The molecule has 0 bridgehead atoms. The molecule has 1 aromatic heterocycles. The highest BCUT2D eigenvalue weighted by molar-refractivity contribution is 6.30. The number of halogens is 1. The number of pyridine rings is 1. The van der Waals surface area contributed by atoms with Gasteiger partial charge in [0.2, 0.25) is 0 Å². The minimum absolute atomic E-state index is 0.534. The number of hydrogen-bond donors (Lipinski definition) is 1. The van der Waals surface area contributed by atoms with Crippen LogP contribution in [0.5, 0.6) is 0 Å². The highest BCUT2D eigenvalue weighted by atomic mass is 35.5. The number of rotatable bonds is 4. The van der Waals surface area contributed by atoms with Gasteiger partial charge in [-0.2, -0.15) is 0 Å². The Morgan fingerprint density at radius 2 is 1.88 bits per heavy atom. The molecule has 1 fully saturated rings. The summed E-state index contributed by atoms with van der Waals surface area (Å²) in [5.74, 6) is 7.71. The highest BCUT2D eigenvalue weighted by Gasteiger charge is 2.18. The third kappa shape index (κ3) is 5.77. The summed E-state index contributed by atoms with van der Waals surface area (Å²) in [7, 11) is 0. The molecule has 25 heavy (non-hydrogen) atoms. The molecule has 130 valence electrons. The molecule has 2 N–H and O–H groups in total. The van der Waals surface area contributed by atoms with Gasteiger partial charge in [-0.1, -0.05) is 35.6 Å². The summed E-state index contributed by atoms with van der Waals surface area (Å²) in [5.41, 5.74) is 7.89. The van der Waals surface area contributed by atoms with Gasteiger partial charge in [-0.15, -0.1) is 0 Å². The van der Waals surface area contributed by atoms with Crippen LogP contribution in [0.1, 0.15) is 30.4 Å². The number of piperidine rings is 1. The van der Waals surface area contributed by atoms with Crippen molar-refractivity contribution in [3.63, 3.8) is 0 Å². The number of anilines is 1. The number of nitrogen functional groups attached to an aromatic ring is 1. The monoisotopic (exact) mass is 353 g/mol. The summed E-state index contributed by atoms with van der Waals surface area (Å²) in [6, 6.07) is 12.0. The maximum Gasteiger partial charge on any atom is 0.123 e. The quantitative estimate of drug-likeness (QED) is 0.844. The van der Waals surface area contributed by atoms with Gasteiger partial charge in [0.15, 0.2) is 0 Å². The molecule has 4 heteroatoms. The molecular formula is C21H24ClN3. The van der Waals surface area contributed by atoms with E-state index in [0.29, 0.717) is 5.82 Å². The van der Waals surface area contributed by atoms with Crippen LogP contribution < -0.4 is 5.73 Å². The minimum atomic E-state index is 0.534. The molecule has 0 saturated carbocycles. The van der Waals surface area contributed by atoms with Gasteiger partial charge in [0, 0.05) is 29.7 Å². The first-order valence-corrected chi connectivity index (χ1v) is 9.24. The lowest BCUT2D eigenvalue weighted by atomic mass is 9.90. The van der Waals surface area contributed by atoms with Crippen LogP contribution in [0.3, 0.4) is 0 Å². The van der Waals surface area contributed by atoms with Gasteiger partial charge in [0.25, 0.3) is 0 Å². The molecule has 1 saturated heterocycles. The maximum atomic E-state index is 5.95. The summed E-state index contributed by atoms with van der Waals surface area (Å²) in [6.07, 6.45) is 6.31. The van der Waals surface area contributed by atoms with Crippen LogP contribution >= 0.6 is 11.6 Å². The number of hydrogen-bond acceptors (Lipinski definition) is 3. The molecule has 2 heterocycles. The van der Waals surface area contributed by atoms with Gasteiger partial charge in [0.1, 0.15) is 5.82 Å². The van der Waals surface area contributed by atoms with Gasteiger partial charge >= 0.3 is 0 Å². The standard InChI is InChI=1S/C21H24ClN3/c22-20-7-4-17(5-8-20)15-18-10-13-25(14-11-18)12-2-1-3-19-6-9-21(23)24-16-19/h4-9,16,18H,2,10-15H2,(H2,23,24). The Labute approximate surface area is 155 Å². The molecule has 0 unspecified atom stereocenters. The summed E-state index contributed by atoms with van der Waals surface area (Å²) in [4.78, 5) is 6.57. The second kappa shape index (κ2) is 8.89. The van der Waals surface area contributed by atoms with Crippen molar-refractivity contribution in [2.24, 2.45) is 5.92 Å². The van der Waals surface area contributed by atoms with Gasteiger partial charge in [-0.25, -0.2) is 4.98 Å². The van der Waals surface area contributed by atoms with E-state index < -0.39 is 0 Å². The van der Waals surface area contributed by atoms with Crippen LogP contribution in [-0.4, -0.2) is 29.5 Å². The zero-order chi connectivity index (χ0) is 17.5. The van der Waals surface area contributed by atoms with Gasteiger partial charge in [-0.3, -0.25) is 0 Å². The van der Waals surface area contributed by atoms with E-state index in [2.05, 4.69) is 33.9 Å². The van der Waals surface area contributed by atoms with Crippen LogP contribution in [0.15, 0.2) is 42.6 Å². The Balaban J connectivity index is 1.38. The van der Waals surface area contributed by atoms with Crippen LogP contribution in [0, 0.1) is 17.8 Å². The van der Waals surface area contributed by atoms with E-state index in [0.717, 1.165) is 35.9 Å². The summed E-state index contributed by atoms with van der Waals surface area (Å²) in [5, 5.41) is 0.814. The molecule has 1 aliphatic rings. The first-order valence-electron chi connectivity index (χ1n) is 8.86. The topological polar surface area (TPSA) is 42.1 Å². The molecule has 0 atom stereocenters. The van der Waals surface area contributed by atoms with Gasteiger partial charge in [0.05, 0.1) is 0 Å². The molecule has 3 nitrogen and oxygen atoms in total.